The van der Waals surface area contributed by atoms with Crippen LogP contribution < -0.4 is 4.90 Å². The number of rotatable bonds is 3. The summed E-state index contributed by atoms with van der Waals surface area (Å²) in [7, 11) is 0. The van der Waals surface area contributed by atoms with Gasteiger partial charge in [0.2, 0.25) is 0 Å². The summed E-state index contributed by atoms with van der Waals surface area (Å²) >= 11 is 0. The number of likely N-dealkylation sites (tertiary alicyclic amines) is 1. The molecule has 1 N–H and O–H groups in total. The summed E-state index contributed by atoms with van der Waals surface area (Å²) in [4.78, 5) is 26.9. The fourth-order valence-corrected chi connectivity index (χ4v) is 3.70. The SMILES string of the molecule is O=C(O)[C@@H]1CN(C(=O)c2ccc(N3CCCCC3)cc2)C[C@H]1C(F)(F)F. The number of anilines is 1. The Balaban J connectivity index is 1.72. The second-order valence-electron chi connectivity index (χ2n) is 6.90. The molecule has 5 nitrogen and oxygen atoms in total. The van der Waals surface area contributed by atoms with E-state index >= 15 is 0 Å². The monoisotopic (exact) mass is 370 g/mol. The van der Waals surface area contributed by atoms with E-state index in [0.29, 0.717) is 0 Å². The molecule has 0 radical (unpaired) electrons. The highest BCUT2D eigenvalue weighted by molar-refractivity contribution is 5.95. The third kappa shape index (κ3) is 3.78. The topological polar surface area (TPSA) is 60.9 Å². The molecule has 26 heavy (non-hydrogen) atoms. The number of piperidine rings is 1. The second-order valence-corrected chi connectivity index (χ2v) is 6.90. The average molecular weight is 370 g/mol. The van der Waals surface area contributed by atoms with Crippen LogP contribution in [0.1, 0.15) is 29.6 Å². The molecule has 2 aliphatic rings. The summed E-state index contributed by atoms with van der Waals surface area (Å²) < 4.78 is 39.2. The van der Waals surface area contributed by atoms with Crippen LogP contribution in [0.2, 0.25) is 0 Å². The van der Waals surface area contributed by atoms with Crippen LogP contribution in [0.4, 0.5) is 18.9 Å². The molecule has 142 valence electrons. The minimum atomic E-state index is -4.64. The van der Waals surface area contributed by atoms with Crippen LogP contribution in [-0.2, 0) is 4.79 Å². The van der Waals surface area contributed by atoms with Gasteiger partial charge in [-0.1, -0.05) is 0 Å². The summed E-state index contributed by atoms with van der Waals surface area (Å²) in [5, 5.41) is 9.05. The molecule has 1 aromatic rings. The lowest BCUT2D eigenvalue weighted by Crippen LogP contribution is -2.34. The maximum absolute atomic E-state index is 13.1. The van der Waals surface area contributed by atoms with E-state index in [1.807, 2.05) is 0 Å². The van der Waals surface area contributed by atoms with E-state index in [1.165, 1.54) is 6.42 Å². The summed E-state index contributed by atoms with van der Waals surface area (Å²) in [6, 6.07) is 6.79. The number of aliphatic carboxylic acids is 1. The van der Waals surface area contributed by atoms with E-state index in [0.717, 1.165) is 36.5 Å². The Kier molecular flexibility index (Phi) is 5.11. The summed E-state index contributed by atoms with van der Waals surface area (Å²) in [5.74, 6) is -5.74. The van der Waals surface area contributed by atoms with Crippen molar-refractivity contribution in [2.45, 2.75) is 25.4 Å². The summed E-state index contributed by atoms with van der Waals surface area (Å²) in [6.45, 7) is 0.860. The maximum Gasteiger partial charge on any atom is 0.394 e. The van der Waals surface area contributed by atoms with Gasteiger partial charge in [-0.15, -0.1) is 0 Å². The minimum absolute atomic E-state index is 0.276. The van der Waals surface area contributed by atoms with Gasteiger partial charge in [0.25, 0.3) is 5.91 Å². The van der Waals surface area contributed by atoms with E-state index in [4.69, 9.17) is 5.11 Å². The van der Waals surface area contributed by atoms with Crippen molar-refractivity contribution in [3.8, 4) is 0 Å². The lowest BCUT2D eigenvalue weighted by atomic mass is 9.96. The molecule has 2 heterocycles. The predicted octanol–water partition coefficient (Wildman–Crippen LogP) is 3.01. The highest BCUT2D eigenvalue weighted by Crippen LogP contribution is 2.38. The molecule has 8 heteroatoms. The van der Waals surface area contributed by atoms with Crippen molar-refractivity contribution in [3.63, 3.8) is 0 Å². The molecule has 0 aromatic heterocycles. The first-order valence-electron chi connectivity index (χ1n) is 8.71. The molecular formula is C18H21F3N2O3. The molecule has 1 aromatic carbocycles. The van der Waals surface area contributed by atoms with E-state index < -0.39 is 43.0 Å². The number of carboxylic acids is 1. The van der Waals surface area contributed by atoms with Gasteiger partial charge in [0.15, 0.2) is 0 Å². The number of nitrogens with zero attached hydrogens (tertiary/aromatic N) is 2. The number of hydrogen-bond donors (Lipinski definition) is 1. The van der Waals surface area contributed by atoms with Crippen LogP contribution >= 0.6 is 0 Å². The Labute approximate surface area is 149 Å². The Morgan fingerprint density at radius 2 is 1.62 bits per heavy atom. The van der Waals surface area contributed by atoms with Crippen molar-refractivity contribution in [1.82, 2.24) is 4.90 Å². The molecule has 0 bridgehead atoms. The van der Waals surface area contributed by atoms with Gasteiger partial charge in [0.1, 0.15) is 0 Å². The first-order valence-corrected chi connectivity index (χ1v) is 8.71. The number of carbonyl (C=O) groups is 2. The fourth-order valence-electron chi connectivity index (χ4n) is 3.70. The molecule has 2 atom stereocenters. The number of halogens is 3. The van der Waals surface area contributed by atoms with Gasteiger partial charge >= 0.3 is 12.1 Å². The van der Waals surface area contributed by atoms with Crippen molar-refractivity contribution < 1.29 is 27.9 Å². The van der Waals surface area contributed by atoms with E-state index in [2.05, 4.69) is 4.90 Å². The first kappa shape index (κ1) is 18.5. The largest absolute Gasteiger partial charge is 0.481 e. The van der Waals surface area contributed by atoms with Crippen molar-refractivity contribution in [3.05, 3.63) is 29.8 Å². The molecule has 0 unspecified atom stereocenters. The summed E-state index contributed by atoms with van der Waals surface area (Å²) in [6.07, 6.45) is -1.21. The van der Waals surface area contributed by atoms with Crippen molar-refractivity contribution >= 4 is 17.6 Å². The van der Waals surface area contributed by atoms with Gasteiger partial charge in [-0.3, -0.25) is 9.59 Å². The number of amides is 1. The van der Waals surface area contributed by atoms with E-state index in [-0.39, 0.29) is 5.56 Å². The summed E-state index contributed by atoms with van der Waals surface area (Å²) in [5.41, 5.74) is 1.26. The zero-order valence-corrected chi connectivity index (χ0v) is 14.2. The van der Waals surface area contributed by atoms with Crippen LogP contribution in [0.15, 0.2) is 24.3 Å². The van der Waals surface area contributed by atoms with Crippen LogP contribution in [0.25, 0.3) is 0 Å². The van der Waals surface area contributed by atoms with Crippen LogP contribution in [-0.4, -0.2) is 54.2 Å². The van der Waals surface area contributed by atoms with Crippen LogP contribution in [0.5, 0.6) is 0 Å². The van der Waals surface area contributed by atoms with Crippen molar-refractivity contribution in [1.29, 1.82) is 0 Å². The number of carbonyl (C=O) groups excluding carboxylic acids is 1. The molecule has 0 aliphatic carbocycles. The zero-order chi connectivity index (χ0) is 18.9. The van der Waals surface area contributed by atoms with Crippen LogP contribution in [0.3, 0.4) is 0 Å². The number of benzene rings is 1. The lowest BCUT2D eigenvalue weighted by molar-refractivity contribution is -0.187. The molecule has 1 amide bonds. The van der Waals surface area contributed by atoms with Crippen molar-refractivity contribution in [2.75, 3.05) is 31.1 Å². The third-order valence-corrected chi connectivity index (χ3v) is 5.18. The minimum Gasteiger partial charge on any atom is -0.481 e. The first-order chi connectivity index (χ1) is 12.3. The van der Waals surface area contributed by atoms with Gasteiger partial charge < -0.3 is 14.9 Å². The Morgan fingerprint density at radius 1 is 1.00 bits per heavy atom. The Bertz CT molecular complexity index is 669. The Hall–Kier alpha value is -2.25. The highest BCUT2D eigenvalue weighted by Gasteiger charge is 2.53. The lowest BCUT2D eigenvalue weighted by Gasteiger charge is -2.29. The predicted molar refractivity (Wildman–Crippen MR) is 89.1 cm³/mol. The normalized spacial score (nSPS) is 24.0. The van der Waals surface area contributed by atoms with E-state index in [1.54, 1.807) is 24.3 Å². The van der Waals surface area contributed by atoms with Crippen molar-refractivity contribution in [2.24, 2.45) is 11.8 Å². The molecule has 2 aliphatic heterocycles. The maximum atomic E-state index is 13.1. The molecule has 0 saturated carbocycles. The van der Waals surface area contributed by atoms with E-state index in [9.17, 15) is 22.8 Å². The van der Waals surface area contributed by atoms with Gasteiger partial charge in [-0.05, 0) is 43.5 Å². The van der Waals surface area contributed by atoms with Gasteiger partial charge in [-0.25, -0.2) is 0 Å². The quantitative estimate of drug-likeness (QED) is 0.889. The standard InChI is InChI=1S/C18H21F3N2O3/c19-18(20,21)15-11-23(10-14(15)17(25)26)16(24)12-4-6-13(7-5-12)22-8-2-1-3-9-22/h4-7,14-15H,1-3,8-11H2,(H,25,26)/t14-,15-/m1/s1. The number of hydrogen-bond acceptors (Lipinski definition) is 3. The highest BCUT2D eigenvalue weighted by atomic mass is 19.4. The smallest absolute Gasteiger partial charge is 0.394 e. The molecule has 3 rings (SSSR count). The number of carboxylic acid groups (broad SMARTS) is 1. The van der Waals surface area contributed by atoms with Crippen LogP contribution in [0, 0.1) is 11.8 Å². The number of alkyl halides is 3. The van der Waals surface area contributed by atoms with Gasteiger partial charge in [0, 0.05) is 37.4 Å². The van der Waals surface area contributed by atoms with Gasteiger partial charge in [0.05, 0.1) is 11.8 Å². The molecular weight excluding hydrogens is 349 g/mol. The molecule has 2 saturated heterocycles. The zero-order valence-electron chi connectivity index (χ0n) is 14.2. The fraction of sp³-hybridized carbons (Fsp3) is 0.556. The Morgan fingerprint density at radius 3 is 2.12 bits per heavy atom. The second kappa shape index (κ2) is 7.17. The molecule has 2 fully saturated rings. The molecule has 0 spiro atoms. The third-order valence-electron chi connectivity index (χ3n) is 5.18. The van der Waals surface area contributed by atoms with Gasteiger partial charge in [-0.2, -0.15) is 13.2 Å². The average Bonchev–Trinajstić information content (AvgIpc) is 3.08.